The Labute approximate surface area is 110 Å². The minimum Gasteiger partial charge on any atom is -0.271 e. The average molecular weight is 244 g/mol. The fourth-order valence-electron chi connectivity index (χ4n) is 3.79. The van der Waals surface area contributed by atoms with E-state index in [9.17, 15) is 0 Å². The summed E-state index contributed by atoms with van der Waals surface area (Å²) in [6.45, 7) is 0. The lowest BCUT2D eigenvalue weighted by atomic mass is 9.70. The van der Waals surface area contributed by atoms with Gasteiger partial charge in [0.2, 0.25) is 0 Å². The largest absolute Gasteiger partial charge is 0.271 e. The maximum absolute atomic E-state index is 5.81. The summed E-state index contributed by atoms with van der Waals surface area (Å²) < 4.78 is 0. The Kier molecular flexibility index (Phi) is 3.67. The first-order chi connectivity index (χ1) is 8.88. The second-order valence-corrected chi connectivity index (χ2v) is 6.02. The first-order valence-electron chi connectivity index (χ1n) is 7.42. The standard InChI is InChI=1S/C16H24N2/c17-18-16(10-12-6-2-1-3-7-12)15-11-13-8-4-5-9-14(13)15/h4-5,8-9,12,15-16,18H,1-3,6-7,10-11,17H2. The predicted molar refractivity (Wildman–Crippen MR) is 75.2 cm³/mol. The first-order valence-corrected chi connectivity index (χ1v) is 7.42. The number of hydrogen-bond acceptors (Lipinski definition) is 2. The normalized spacial score (nSPS) is 25.3. The van der Waals surface area contributed by atoms with Gasteiger partial charge in [-0.15, -0.1) is 0 Å². The van der Waals surface area contributed by atoms with Crippen LogP contribution in [0.1, 0.15) is 55.6 Å². The second-order valence-electron chi connectivity index (χ2n) is 6.02. The number of benzene rings is 1. The monoisotopic (exact) mass is 244 g/mol. The van der Waals surface area contributed by atoms with Crippen LogP contribution in [0, 0.1) is 5.92 Å². The van der Waals surface area contributed by atoms with Crippen molar-refractivity contribution in [1.82, 2.24) is 5.43 Å². The summed E-state index contributed by atoms with van der Waals surface area (Å²) in [6.07, 6.45) is 9.56. The topological polar surface area (TPSA) is 38.0 Å². The van der Waals surface area contributed by atoms with E-state index in [0.717, 1.165) is 5.92 Å². The van der Waals surface area contributed by atoms with Crippen molar-refractivity contribution in [2.75, 3.05) is 0 Å². The number of hydrazine groups is 1. The fraction of sp³-hybridized carbons (Fsp3) is 0.625. The van der Waals surface area contributed by atoms with Gasteiger partial charge in [0.05, 0.1) is 0 Å². The molecule has 3 N–H and O–H groups in total. The third kappa shape index (κ3) is 2.32. The highest BCUT2D eigenvalue weighted by atomic mass is 15.2. The maximum Gasteiger partial charge on any atom is 0.0285 e. The molecule has 2 atom stereocenters. The molecule has 0 radical (unpaired) electrons. The van der Waals surface area contributed by atoms with Crippen LogP contribution in [0.5, 0.6) is 0 Å². The highest BCUT2D eigenvalue weighted by Crippen LogP contribution is 2.40. The van der Waals surface area contributed by atoms with Gasteiger partial charge in [0.1, 0.15) is 0 Å². The van der Waals surface area contributed by atoms with Crippen LogP contribution >= 0.6 is 0 Å². The Morgan fingerprint density at radius 2 is 1.94 bits per heavy atom. The van der Waals surface area contributed by atoms with E-state index < -0.39 is 0 Å². The average Bonchev–Trinajstić information content (AvgIpc) is 2.40. The molecule has 0 saturated heterocycles. The zero-order valence-corrected chi connectivity index (χ0v) is 11.1. The number of hydrogen-bond donors (Lipinski definition) is 2. The van der Waals surface area contributed by atoms with Gasteiger partial charge in [-0.05, 0) is 29.9 Å². The Bertz CT molecular complexity index is 396. The minimum atomic E-state index is 0.475. The van der Waals surface area contributed by atoms with Crippen LogP contribution in [0.2, 0.25) is 0 Å². The predicted octanol–water partition coefficient (Wildman–Crippen LogP) is 3.13. The summed E-state index contributed by atoms with van der Waals surface area (Å²) in [5.74, 6) is 7.35. The van der Waals surface area contributed by atoms with Crippen molar-refractivity contribution < 1.29 is 0 Å². The molecular weight excluding hydrogens is 220 g/mol. The van der Waals surface area contributed by atoms with Crippen LogP contribution in [0.3, 0.4) is 0 Å². The number of nitrogens with two attached hydrogens (primary N) is 1. The van der Waals surface area contributed by atoms with E-state index >= 15 is 0 Å². The van der Waals surface area contributed by atoms with Gasteiger partial charge in [-0.1, -0.05) is 56.4 Å². The number of fused-ring (bicyclic) bond motifs is 1. The molecule has 1 fully saturated rings. The molecule has 1 aromatic carbocycles. The molecule has 3 rings (SSSR count). The van der Waals surface area contributed by atoms with E-state index in [1.165, 1.54) is 56.1 Å². The molecule has 0 bridgehead atoms. The van der Waals surface area contributed by atoms with Crippen molar-refractivity contribution in [3.05, 3.63) is 35.4 Å². The van der Waals surface area contributed by atoms with Crippen molar-refractivity contribution in [2.45, 2.75) is 56.9 Å². The van der Waals surface area contributed by atoms with E-state index in [0.29, 0.717) is 12.0 Å². The maximum atomic E-state index is 5.81. The first kappa shape index (κ1) is 12.2. The van der Waals surface area contributed by atoms with Crippen LogP contribution in [0.15, 0.2) is 24.3 Å². The lowest BCUT2D eigenvalue weighted by molar-refractivity contribution is 0.270. The lowest BCUT2D eigenvalue weighted by Crippen LogP contribution is -2.45. The highest BCUT2D eigenvalue weighted by Gasteiger charge is 2.33. The molecular formula is C16H24N2. The molecule has 1 aromatic rings. The smallest absolute Gasteiger partial charge is 0.0285 e. The summed E-state index contributed by atoms with van der Waals surface area (Å²) in [4.78, 5) is 0. The zero-order chi connectivity index (χ0) is 12.4. The zero-order valence-electron chi connectivity index (χ0n) is 11.1. The Balaban J connectivity index is 1.63. The minimum absolute atomic E-state index is 0.475. The molecule has 2 heteroatoms. The molecule has 0 amide bonds. The highest BCUT2D eigenvalue weighted by molar-refractivity contribution is 5.41. The summed E-state index contributed by atoms with van der Waals surface area (Å²) in [7, 11) is 0. The van der Waals surface area contributed by atoms with Crippen molar-refractivity contribution in [2.24, 2.45) is 11.8 Å². The van der Waals surface area contributed by atoms with Crippen molar-refractivity contribution in [1.29, 1.82) is 0 Å². The molecule has 2 aliphatic carbocycles. The molecule has 0 heterocycles. The molecule has 0 aliphatic heterocycles. The fourth-order valence-corrected chi connectivity index (χ4v) is 3.79. The van der Waals surface area contributed by atoms with Crippen molar-refractivity contribution in [3.8, 4) is 0 Å². The van der Waals surface area contributed by atoms with Gasteiger partial charge in [0, 0.05) is 12.0 Å². The lowest BCUT2D eigenvalue weighted by Gasteiger charge is -2.38. The summed E-state index contributed by atoms with van der Waals surface area (Å²) >= 11 is 0. The number of nitrogens with one attached hydrogen (secondary N) is 1. The van der Waals surface area contributed by atoms with Crippen molar-refractivity contribution in [3.63, 3.8) is 0 Å². The van der Waals surface area contributed by atoms with Gasteiger partial charge in [-0.2, -0.15) is 0 Å². The van der Waals surface area contributed by atoms with Crippen LogP contribution in [0.4, 0.5) is 0 Å². The van der Waals surface area contributed by atoms with Gasteiger partial charge in [0.25, 0.3) is 0 Å². The molecule has 0 spiro atoms. The molecule has 2 unspecified atom stereocenters. The van der Waals surface area contributed by atoms with E-state index in [4.69, 9.17) is 5.84 Å². The van der Waals surface area contributed by atoms with Gasteiger partial charge >= 0.3 is 0 Å². The van der Waals surface area contributed by atoms with E-state index in [1.54, 1.807) is 0 Å². The Morgan fingerprint density at radius 1 is 1.17 bits per heavy atom. The van der Waals surface area contributed by atoms with Gasteiger partial charge in [-0.25, -0.2) is 0 Å². The van der Waals surface area contributed by atoms with Crippen LogP contribution in [-0.2, 0) is 6.42 Å². The molecule has 1 saturated carbocycles. The molecule has 2 nitrogen and oxygen atoms in total. The third-order valence-electron chi connectivity index (χ3n) is 4.91. The summed E-state index contributed by atoms with van der Waals surface area (Å²) in [5.41, 5.74) is 6.14. The quantitative estimate of drug-likeness (QED) is 0.631. The van der Waals surface area contributed by atoms with Gasteiger partial charge < -0.3 is 0 Å². The second kappa shape index (κ2) is 5.41. The summed E-state index contributed by atoms with van der Waals surface area (Å²) in [5, 5.41) is 0. The Morgan fingerprint density at radius 3 is 2.67 bits per heavy atom. The van der Waals surface area contributed by atoms with Gasteiger partial charge in [-0.3, -0.25) is 11.3 Å². The summed E-state index contributed by atoms with van der Waals surface area (Å²) in [6, 6.07) is 9.29. The molecule has 98 valence electrons. The van der Waals surface area contributed by atoms with Crippen molar-refractivity contribution >= 4 is 0 Å². The van der Waals surface area contributed by atoms with E-state index in [2.05, 4.69) is 29.7 Å². The van der Waals surface area contributed by atoms with E-state index in [1.807, 2.05) is 0 Å². The van der Waals surface area contributed by atoms with E-state index in [-0.39, 0.29) is 0 Å². The molecule has 0 aromatic heterocycles. The third-order valence-corrected chi connectivity index (χ3v) is 4.91. The molecule has 2 aliphatic rings. The van der Waals surface area contributed by atoms with Gasteiger partial charge in [0.15, 0.2) is 0 Å². The van der Waals surface area contributed by atoms with Crippen LogP contribution in [-0.4, -0.2) is 6.04 Å². The Hall–Kier alpha value is -0.860. The van der Waals surface area contributed by atoms with Crippen LogP contribution < -0.4 is 11.3 Å². The number of rotatable bonds is 4. The molecule has 18 heavy (non-hydrogen) atoms. The van der Waals surface area contributed by atoms with Crippen LogP contribution in [0.25, 0.3) is 0 Å². The SMILES string of the molecule is NNC(CC1CCCCC1)C1Cc2ccccc21.